The third kappa shape index (κ3) is 3.49. The van der Waals surface area contributed by atoms with E-state index in [-0.39, 0.29) is 11.6 Å². The zero-order valence-corrected chi connectivity index (χ0v) is 14.8. The first kappa shape index (κ1) is 18.2. The Morgan fingerprint density at radius 3 is 2.79 bits per heavy atom. The Balaban J connectivity index is 1.60. The quantitative estimate of drug-likeness (QED) is 0.722. The third-order valence-electron chi connectivity index (χ3n) is 4.86. The van der Waals surface area contributed by atoms with Crippen molar-refractivity contribution in [1.29, 1.82) is 0 Å². The maximum Gasteiger partial charge on any atom is 0.433 e. The van der Waals surface area contributed by atoms with E-state index < -0.39 is 17.8 Å². The second-order valence-electron chi connectivity index (χ2n) is 6.65. The van der Waals surface area contributed by atoms with Crippen LogP contribution in [0, 0.1) is 0 Å². The number of carbonyl (C=O) groups is 1. The fraction of sp³-hybridized carbons (Fsp3) is 0.250. The Kier molecular flexibility index (Phi) is 4.62. The minimum Gasteiger partial charge on any atom is -0.307 e. The maximum absolute atomic E-state index is 12.8. The highest BCUT2D eigenvalue weighted by Gasteiger charge is 2.33. The molecule has 1 aromatic carbocycles. The average Bonchev–Trinajstić information content (AvgIpc) is 3.15. The fourth-order valence-corrected chi connectivity index (χ4v) is 3.56. The lowest BCUT2D eigenvalue weighted by Gasteiger charge is -2.27. The van der Waals surface area contributed by atoms with Crippen LogP contribution in [0.15, 0.2) is 54.9 Å². The van der Waals surface area contributed by atoms with Crippen molar-refractivity contribution in [3.8, 4) is 0 Å². The van der Waals surface area contributed by atoms with Crippen molar-refractivity contribution in [2.24, 2.45) is 0 Å². The molecule has 1 amide bonds. The van der Waals surface area contributed by atoms with Gasteiger partial charge in [0.05, 0.1) is 12.2 Å². The van der Waals surface area contributed by atoms with Crippen LogP contribution in [0.25, 0.3) is 0 Å². The van der Waals surface area contributed by atoms with Crippen LogP contribution in [0.5, 0.6) is 0 Å². The van der Waals surface area contributed by atoms with Gasteiger partial charge in [0, 0.05) is 17.8 Å². The van der Waals surface area contributed by atoms with E-state index in [1.807, 2.05) is 18.2 Å². The molecule has 0 fully saturated rings. The van der Waals surface area contributed by atoms with Gasteiger partial charge in [-0.25, -0.2) is 4.68 Å². The molecule has 1 aliphatic rings. The van der Waals surface area contributed by atoms with Gasteiger partial charge < -0.3 is 5.32 Å². The molecular formula is C20H17F3N4O. The van der Waals surface area contributed by atoms with Gasteiger partial charge in [0.2, 0.25) is 0 Å². The van der Waals surface area contributed by atoms with E-state index in [0.717, 1.165) is 37.1 Å². The highest BCUT2D eigenvalue weighted by molar-refractivity contribution is 6.03. The molecule has 1 unspecified atom stereocenters. The Morgan fingerprint density at radius 1 is 1.14 bits per heavy atom. The Bertz CT molecular complexity index is 1010. The number of hydrogen-bond donors (Lipinski definition) is 1. The molecule has 1 atom stereocenters. The van der Waals surface area contributed by atoms with Crippen molar-refractivity contribution in [3.05, 3.63) is 77.2 Å². The van der Waals surface area contributed by atoms with Crippen molar-refractivity contribution >= 4 is 11.7 Å². The van der Waals surface area contributed by atoms with Crippen LogP contribution in [0.4, 0.5) is 19.0 Å². The zero-order valence-electron chi connectivity index (χ0n) is 14.8. The first-order chi connectivity index (χ1) is 13.4. The normalized spacial score (nSPS) is 16.5. The number of rotatable bonds is 3. The maximum atomic E-state index is 12.8. The van der Waals surface area contributed by atoms with Gasteiger partial charge in [0.15, 0.2) is 0 Å². The number of amides is 1. The van der Waals surface area contributed by atoms with Crippen LogP contribution in [0.1, 0.15) is 46.1 Å². The molecule has 2 heterocycles. The summed E-state index contributed by atoms with van der Waals surface area (Å²) in [4.78, 5) is 15.8. The van der Waals surface area contributed by atoms with Gasteiger partial charge in [0.25, 0.3) is 5.91 Å². The van der Waals surface area contributed by atoms with Crippen LogP contribution in [0.3, 0.4) is 0 Å². The van der Waals surface area contributed by atoms with E-state index in [4.69, 9.17) is 0 Å². The smallest absolute Gasteiger partial charge is 0.307 e. The lowest BCUT2D eigenvalue weighted by molar-refractivity contribution is -0.141. The van der Waals surface area contributed by atoms with E-state index in [1.165, 1.54) is 11.6 Å². The number of carbonyl (C=O) groups excluding carboxylic acids is 1. The number of anilines is 1. The Labute approximate surface area is 159 Å². The summed E-state index contributed by atoms with van der Waals surface area (Å²) in [5.41, 5.74) is 1.18. The molecule has 28 heavy (non-hydrogen) atoms. The number of alkyl halides is 3. The van der Waals surface area contributed by atoms with E-state index in [1.54, 1.807) is 16.9 Å². The lowest BCUT2D eigenvalue weighted by atomic mass is 9.88. The van der Waals surface area contributed by atoms with E-state index in [9.17, 15) is 18.0 Å². The van der Waals surface area contributed by atoms with Crippen LogP contribution in [-0.2, 0) is 12.6 Å². The third-order valence-corrected chi connectivity index (χ3v) is 4.86. The number of nitrogens with one attached hydrogen (secondary N) is 1. The Hall–Kier alpha value is -3.16. The molecule has 4 rings (SSSR count). The predicted octanol–water partition coefficient (Wildman–Crippen LogP) is 4.47. The molecule has 2 aromatic heterocycles. The molecular weight excluding hydrogens is 369 g/mol. The SMILES string of the molecule is O=C(Nc1ccnn1C1CCCc2ccccc21)c1ccnc(C(F)(F)F)c1. The van der Waals surface area contributed by atoms with Crippen LogP contribution in [-0.4, -0.2) is 20.7 Å². The number of aryl methyl sites for hydroxylation is 1. The van der Waals surface area contributed by atoms with Gasteiger partial charge in [-0.2, -0.15) is 18.3 Å². The summed E-state index contributed by atoms with van der Waals surface area (Å²) >= 11 is 0. The molecule has 0 aliphatic heterocycles. The molecule has 0 spiro atoms. The molecule has 0 bridgehead atoms. The predicted molar refractivity (Wildman–Crippen MR) is 96.9 cm³/mol. The number of benzene rings is 1. The first-order valence-corrected chi connectivity index (χ1v) is 8.89. The van der Waals surface area contributed by atoms with E-state index >= 15 is 0 Å². The largest absolute Gasteiger partial charge is 0.433 e. The summed E-state index contributed by atoms with van der Waals surface area (Å²) in [5, 5.41) is 7.03. The minimum absolute atomic E-state index is 0.0292. The van der Waals surface area contributed by atoms with E-state index in [0.29, 0.717) is 5.82 Å². The van der Waals surface area contributed by atoms with Crippen molar-refractivity contribution < 1.29 is 18.0 Å². The van der Waals surface area contributed by atoms with Gasteiger partial charge in [0.1, 0.15) is 11.5 Å². The number of fused-ring (bicyclic) bond motifs is 1. The van der Waals surface area contributed by atoms with E-state index in [2.05, 4.69) is 21.5 Å². The summed E-state index contributed by atoms with van der Waals surface area (Å²) in [6, 6.07) is 11.7. The molecule has 1 N–H and O–H groups in total. The van der Waals surface area contributed by atoms with Crippen molar-refractivity contribution in [1.82, 2.24) is 14.8 Å². The number of aromatic nitrogens is 3. The monoisotopic (exact) mass is 386 g/mol. The van der Waals surface area contributed by atoms with Gasteiger partial charge in [-0.3, -0.25) is 9.78 Å². The summed E-state index contributed by atoms with van der Waals surface area (Å²) in [6.45, 7) is 0. The van der Waals surface area contributed by atoms with Gasteiger partial charge in [-0.1, -0.05) is 24.3 Å². The van der Waals surface area contributed by atoms with Gasteiger partial charge in [-0.05, 0) is 42.5 Å². The number of halogens is 3. The molecule has 144 valence electrons. The zero-order chi connectivity index (χ0) is 19.7. The van der Waals surface area contributed by atoms with Crippen molar-refractivity contribution in [3.63, 3.8) is 0 Å². The van der Waals surface area contributed by atoms with Crippen LogP contribution < -0.4 is 5.32 Å². The number of pyridine rings is 1. The second kappa shape index (κ2) is 7.10. The summed E-state index contributed by atoms with van der Waals surface area (Å²) < 4.78 is 40.3. The van der Waals surface area contributed by atoms with Gasteiger partial charge in [-0.15, -0.1) is 0 Å². The molecule has 8 heteroatoms. The standard InChI is InChI=1S/C20H17F3N4O/c21-20(22,23)17-12-14(8-10-24-17)19(28)26-18-9-11-25-27(18)16-7-3-5-13-4-1-2-6-15(13)16/h1-2,4,6,8-12,16H,3,5,7H2,(H,26,28). The van der Waals surface area contributed by atoms with Crippen molar-refractivity contribution in [2.45, 2.75) is 31.5 Å². The van der Waals surface area contributed by atoms with Crippen LogP contribution >= 0.6 is 0 Å². The number of hydrogen-bond acceptors (Lipinski definition) is 3. The average molecular weight is 386 g/mol. The molecule has 0 radical (unpaired) electrons. The molecule has 0 saturated carbocycles. The number of nitrogens with zero attached hydrogens (tertiary/aromatic N) is 3. The second-order valence-corrected chi connectivity index (χ2v) is 6.65. The summed E-state index contributed by atoms with van der Waals surface area (Å²) in [5.74, 6) is -0.198. The summed E-state index contributed by atoms with van der Waals surface area (Å²) in [6.07, 6.45) is 0.799. The van der Waals surface area contributed by atoms with Crippen LogP contribution in [0.2, 0.25) is 0 Å². The van der Waals surface area contributed by atoms with Gasteiger partial charge >= 0.3 is 6.18 Å². The summed E-state index contributed by atoms with van der Waals surface area (Å²) in [7, 11) is 0. The fourth-order valence-electron chi connectivity index (χ4n) is 3.56. The topological polar surface area (TPSA) is 59.8 Å². The van der Waals surface area contributed by atoms with Crippen molar-refractivity contribution in [2.75, 3.05) is 5.32 Å². The highest BCUT2D eigenvalue weighted by Crippen LogP contribution is 2.34. The Morgan fingerprint density at radius 2 is 1.96 bits per heavy atom. The minimum atomic E-state index is -4.61. The highest BCUT2D eigenvalue weighted by atomic mass is 19.4. The lowest BCUT2D eigenvalue weighted by Crippen LogP contribution is -2.22. The molecule has 3 aromatic rings. The molecule has 1 aliphatic carbocycles. The first-order valence-electron chi connectivity index (χ1n) is 8.89. The molecule has 0 saturated heterocycles. The molecule has 5 nitrogen and oxygen atoms in total.